The SMILES string of the molecule is C=C(c1ccc2nccn2c1)c1ccc(C)nc1C. The lowest BCUT2D eigenvalue weighted by atomic mass is 10.00. The van der Waals surface area contributed by atoms with Crippen LogP contribution in [0.15, 0.2) is 49.4 Å². The number of hydrogen-bond donors (Lipinski definition) is 0. The van der Waals surface area contributed by atoms with Gasteiger partial charge in [0.05, 0.1) is 0 Å². The van der Waals surface area contributed by atoms with E-state index >= 15 is 0 Å². The molecule has 0 fully saturated rings. The van der Waals surface area contributed by atoms with Crippen molar-refractivity contribution in [1.29, 1.82) is 0 Å². The van der Waals surface area contributed by atoms with Crippen molar-refractivity contribution in [2.24, 2.45) is 0 Å². The second-order valence-electron chi connectivity index (χ2n) is 4.67. The molecule has 19 heavy (non-hydrogen) atoms. The zero-order valence-corrected chi connectivity index (χ0v) is 11.1. The highest BCUT2D eigenvalue weighted by atomic mass is 15.0. The summed E-state index contributed by atoms with van der Waals surface area (Å²) in [6.07, 6.45) is 5.77. The van der Waals surface area contributed by atoms with Gasteiger partial charge in [-0.2, -0.15) is 0 Å². The molecule has 3 heterocycles. The molecule has 0 saturated carbocycles. The topological polar surface area (TPSA) is 30.2 Å². The summed E-state index contributed by atoms with van der Waals surface area (Å²) in [5.41, 5.74) is 6.13. The van der Waals surface area contributed by atoms with Crippen LogP contribution in [0, 0.1) is 13.8 Å². The van der Waals surface area contributed by atoms with E-state index in [2.05, 4.69) is 22.6 Å². The van der Waals surface area contributed by atoms with Gasteiger partial charge in [-0.3, -0.25) is 4.98 Å². The Morgan fingerprint density at radius 1 is 1.16 bits per heavy atom. The van der Waals surface area contributed by atoms with Crippen LogP contribution in [0.5, 0.6) is 0 Å². The number of fused-ring (bicyclic) bond motifs is 1. The Morgan fingerprint density at radius 3 is 2.79 bits per heavy atom. The van der Waals surface area contributed by atoms with Gasteiger partial charge in [-0.15, -0.1) is 0 Å². The smallest absolute Gasteiger partial charge is 0.136 e. The third-order valence-corrected chi connectivity index (χ3v) is 3.29. The van der Waals surface area contributed by atoms with Crippen LogP contribution in [0.25, 0.3) is 11.2 Å². The van der Waals surface area contributed by atoms with Crippen molar-refractivity contribution in [3.63, 3.8) is 0 Å². The van der Waals surface area contributed by atoms with Crippen LogP contribution in [-0.4, -0.2) is 14.4 Å². The molecule has 3 aromatic heterocycles. The first-order valence-corrected chi connectivity index (χ1v) is 6.22. The van der Waals surface area contributed by atoms with E-state index < -0.39 is 0 Å². The predicted molar refractivity (Wildman–Crippen MR) is 77.0 cm³/mol. The van der Waals surface area contributed by atoms with Gasteiger partial charge < -0.3 is 4.40 Å². The number of rotatable bonds is 2. The normalized spacial score (nSPS) is 10.8. The minimum atomic E-state index is 0.940. The van der Waals surface area contributed by atoms with Gasteiger partial charge in [0.1, 0.15) is 5.65 Å². The maximum Gasteiger partial charge on any atom is 0.136 e. The molecule has 0 amide bonds. The third kappa shape index (κ3) is 2.03. The average Bonchev–Trinajstić information content (AvgIpc) is 2.85. The lowest BCUT2D eigenvalue weighted by Gasteiger charge is -2.10. The molecule has 0 spiro atoms. The van der Waals surface area contributed by atoms with Crippen molar-refractivity contribution in [1.82, 2.24) is 14.4 Å². The average molecular weight is 249 g/mol. The fourth-order valence-electron chi connectivity index (χ4n) is 2.26. The highest BCUT2D eigenvalue weighted by Crippen LogP contribution is 2.24. The summed E-state index contributed by atoms with van der Waals surface area (Å²) in [6.45, 7) is 8.22. The number of hydrogen-bond acceptors (Lipinski definition) is 2. The van der Waals surface area contributed by atoms with Crippen molar-refractivity contribution in [2.45, 2.75) is 13.8 Å². The van der Waals surface area contributed by atoms with Crippen molar-refractivity contribution in [2.75, 3.05) is 0 Å². The molecule has 0 bridgehead atoms. The lowest BCUT2D eigenvalue weighted by Crippen LogP contribution is -1.96. The van der Waals surface area contributed by atoms with Crippen molar-refractivity contribution < 1.29 is 0 Å². The maximum atomic E-state index is 4.49. The molecule has 3 heteroatoms. The Bertz CT molecular complexity index is 769. The number of aromatic nitrogens is 3. The Labute approximate surface area is 112 Å². The van der Waals surface area contributed by atoms with Crippen LogP contribution in [-0.2, 0) is 0 Å². The van der Waals surface area contributed by atoms with E-state index in [1.54, 1.807) is 6.20 Å². The van der Waals surface area contributed by atoms with E-state index in [1.807, 2.05) is 48.8 Å². The summed E-state index contributed by atoms with van der Waals surface area (Å²) in [5, 5.41) is 0. The van der Waals surface area contributed by atoms with Gasteiger partial charge in [0.25, 0.3) is 0 Å². The summed E-state index contributed by atoms with van der Waals surface area (Å²) in [7, 11) is 0. The van der Waals surface area contributed by atoms with Crippen LogP contribution in [0.2, 0.25) is 0 Å². The molecular weight excluding hydrogens is 234 g/mol. The molecule has 0 aliphatic carbocycles. The van der Waals surface area contributed by atoms with E-state index in [0.29, 0.717) is 0 Å². The molecule has 0 unspecified atom stereocenters. The second-order valence-corrected chi connectivity index (χ2v) is 4.67. The molecule has 3 nitrogen and oxygen atoms in total. The van der Waals surface area contributed by atoms with Crippen molar-refractivity contribution >= 4 is 11.2 Å². The lowest BCUT2D eigenvalue weighted by molar-refractivity contribution is 1.11. The van der Waals surface area contributed by atoms with Gasteiger partial charge in [-0.05, 0) is 43.2 Å². The Balaban J connectivity index is 2.07. The highest BCUT2D eigenvalue weighted by Gasteiger charge is 2.07. The molecular formula is C16H15N3. The molecule has 0 aliphatic heterocycles. The summed E-state index contributed by atoms with van der Waals surface area (Å²) >= 11 is 0. The number of imidazole rings is 1. The molecule has 94 valence electrons. The molecule has 0 atom stereocenters. The monoisotopic (exact) mass is 249 g/mol. The van der Waals surface area contributed by atoms with E-state index in [4.69, 9.17) is 0 Å². The molecule has 0 radical (unpaired) electrons. The number of aryl methyl sites for hydroxylation is 2. The van der Waals surface area contributed by atoms with Gasteiger partial charge in [0, 0.05) is 35.5 Å². The Morgan fingerprint density at radius 2 is 2.00 bits per heavy atom. The van der Waals surface area contributed by atoms with Crippen LogP contribution < -0.4 is 0 Å². The van der Waals surface area contributed by atoms with Crippen molar-refractivity contribution in [3.05, 3.63) is 71.9 Å². The molecule has 0 N–H and O–H groups in total. The first-order chi connectivity index (χ1) is 9.15. The van der Waals surface area contributed by atoms with Gasteiger partial charge in [0.2, 0.25) is 0 Å². The summed E-state index contributed by atoms with van der Waals surface area (Å²) in [5.74, 6) is 0. The zero-order chi connectivity index (χ0) is 13.4. The van der Waals surface area contributed by atoms with Gasteiger partial charge in [0.15, 0.2) is 0 Å². The van der Waals surface area contributed by atoms with Crippen LogP contribution in [0.1, 0.15) is 22.5 Å². The first kappa shape index (κ1) is 11.7. The minimum absolute atomic E-state index is 0.940. The molecule has 0 aromatic carbocycles. The fourth-order valence-corrected chi connectivity index (χ4v) is 2.26. The molecule has 3 aromatic rings. The van der Waals surface area contributed by atoms with Crippen LogP contribution in [0.4, 0.5) is 0 Å². The largest absolute Gasteiger partial charge is 0.306 e. The predicted octanol–water partition coefficient (Wildman–Crippen LogP) is 3.41. The minimum Gasteiger partial charge on any atom is -0.306 e. The van der Waals surface area contributed by atoms with E-state index in [0.717, 1.165) is 33.7 Å². The number of nitrogens with zero attached hydrogens (tertiary/aromatic N) is 3. The van der Waals surface area contributed by atoms with Gasteiger partial charge in [-0.1, -0.05) is 12.6 Å². The van der Waals surface area contributed by atoms with Crippen LogP contribution >= 0.6 is 0 Å². The molecule has 3 rings (SSSR count). The van der Waals surface area contributed by atoms with E-state index in [1.165, 1.54) is 0 Å². The summed E-state index contributed by atoms with van der Waals surface area (Å²) < 4.78 is 2.00. The Kier molecular flexibility index (Phi) is 2.67. The highest BCUT2D eigenvalue weighted by molar-refractivity contribution is 5.79. The summed E-state index contributed by atoms with van der Waals surface area (Å²) in [6, 6.07) is 8.14. The van der Waals surface area contributed by atoms with Crippen molar-refractivity contribution in [3.8, 4) is 0 Å². The summed E-state index contributed by atoms with van der Waals surface area (Å²) in [4.78, 5) is 8.73. The third-order valence-electron chi connectivity index (χ3n) is 3.29. The Hall–Kier alpha value is -2.42. The first-order valence-electron chi connectivity index (χ1n) is 6.22. The molecule has 0 aliphatic rings. The second kappa shape index (κ2) is 4.35. The van der Waals surface area contributed by atoms with E-state index in [9.17, 15) is 0 Å². The van der Waals surface area contributed by atoms with E-state index in [-0.39, 0.29) is 0 Å². The van der Waals surface area contributed by atoms with Gasteiger partial charge >= 0.3 is 0 Å². The number of pyridine rings is 2. The standard InChI is InChI=1S/C16H15N3/c1-11-4-6-15(13(3)18-11)12(2)14-5-7-16-17-8-9-19(16)10-14/h4-10H,2H2,1,3H3. The maximum absolute atomic E-state index is 4.49. The van der Waals surface area contributed by atoms with Crippen LogP contribution in [0.3, 0.4) is 0 Å². The quantitative estimate of drug-likeness (QED) is 0.696. The zero-order valence-electron chi connectivity index (χ0n) is 11.1. The molecule has 0 saturated heterocycles. The van der Waals surface area contributed by atoms with Gasteiger partial charge in [-0.25, -0.2) is 4.98 Å². The fraction of sp³-hybridized carbons (Fsp3) is 0.125.